The van der Waals surface area contributed by atoms with Crippen LogP contribution in [0, 0.1) is 5.92 Å². The van der Waals surface area contributed by atoms with E-state index in [-0.39, 0.29) is 26.8 Å². The Balaban J connectivity index is 1.75. The lowest BCUT2D eigenvalue weighted by molar-refractivity contribution is 0.0997. The molecule has 0 saturated carbocycles. The largest absolute Gasteiger partial charge is 0.378 e. The molecule has 3 aromatic rings. The predicted molar refractivity (Wildman–Crippen MR) is 142 cm³/mol. The quantitative estimate of drug-likeness (QED) is 0.494. The molecule has 3 N–H and O–H groups in total. The first-order chi connectivity index (χ1) is 16.9. The van der Waals surface area contributed by atoms with Crippen molar-refractivity contribution in [2.75, 3.05) is 35.8 Å². The fourth-order valence-corrected chi connectivity index (χ4v) is 6.21. The molecule has 1 aromatic carbocycles. The van der Waals surface area contributed by atoms with Gasteiger partial charge in [-0.05, 0) is 62.6 Å². The Bertz CT molecular complexity index is 1400. The van der Waals surface area contributed by atoms with Crippen molar-refractivity contribution < 1.29 is 13.2 Å². The van der Waals surface area contributed by atoms with Crippen LogP contribution < -0.4 is 20.9 Å². The van der Waals surface area contributed by atoms with E-state index in [4.69, 9.17) is 5.73 Å². The van der Waals surface area contributed by atoms with Crippen LogP contribution in [0.3, 0.4) is 0 Å². The summed E-state index contributed by atoms with van der Waals surface area (Å²) >= 11 is 0. The van der Waals surface area contributed by atoms with Gasteiger partial charge in [0.1, 0.15) is 17.2 Å². The summed E-state index contributed by atoms with van der Waals surface area (Å²) in [5.41, 5.74) is 7.08. The van der Waals surface area contributed by atoms with E-state index in [1.165, 1.54) is 18.3 Å². The van der Waals surface area contributed by atoms with E-state index in [1.807, 2.05) is 62.0 Å². The summed E-state index contributed by atoms with van der Waals surface area (Å²) in [6, 6.07) is 13.7. The Kier molecular flexibility index (Phi) is 6.66. The second-order valence-electron chi connectivity index (χ2n) is 10.0. The SMILES string of the molecule is CC1CN(c2nccc(S(=O)(=O)c3cccc(Nc4cccc(N(C)C)c4)n3)c2C(N)=O)C(C)(C)C1. The number of nitrogens with one attached hydrogen (secondary N) is 1. The number of rotatable bonds is 7. The van der Waals surface area contributed by atoms with Gasteiger partial charge < -0.3 is 20.9 Å². The van der Waals surface area contributed by atoms with Gasteiger partial charge in [0, 0.05) is 43.8 Å². The molecule has 1 aliphatic heterocycles. The summed E-state index contributed by atoms with van der Waals surface area (Å²) in [6.07, 6.45) is 2.29. The van der Waals surface area contributed by atoms with Crippen molar-refractivity contribution in [1.82, 2.24) is 9.97 Å². The molecule has 1 saturated heterocycles. The van der Waals surface area contributed by atoms with Crippen molar-refractivity contribution in [1.29, 1.82) is 0 Å². The number of benzene rings is 1. The second-order valence-corrected chi connectivity index (χ2v) is 11.9. The number of nitrogens with two attached hydrogens (primary N) is 1. The fraction of sp³-hybridized carbons (Fsp3) is 0.346. The van der Waals surface area contributed by atoms with Crippen LogP contribution in [0.5, 0.6) is 0 Å². The number of amides is 1. The Labute approximate surface area is 212 Å². The number of aromatic nitrogens is 2. The van der Waals surface area contributed by atoms with Gasteiger partial charge >= 0.3 is 0 Å². The molecule has 1 atom stereocenters. The van der Waals surface area contributed by atoms with Crippen LogP contribution >= 0.6 is 0 Å². The number of carbonyl (C=O) groups excluding carboxylic acids is 1. The minimum atomic E-state index is -4.18. The maximum absolute atomic E-state index is 13.7. The third-order valence-electron chi connectivity index (χ3n) is 6.39. The van der Waals surface area contributed by atoms with Crippen LogP contribution in [-0.2, 0) is 9.84 Å². The number of pyridine rings is 2. The summed E-state index contributed by atoms with van der Waals surface area (Å²) in [5.74, 6) is 0.157. The van der Waals surface area contributed by atoms with E-state index in [0.717, 1.165) is 17.8 Å². The average molecular weight is 509 g/mol. The topological polar surface area (TPSA) is 122 Å². The molecule has 36 heavy (non-hydrogen) atoms. The van der Waals surface area contributed by atoms with Crippen LogP contribution in [0.2, 0.25) is 0 Å². The van der Waals surface area contributed by atoms with Crippen molar-refractivity contribution >= 4 is 38.8 Å². The number of hydrogen-bond acceptors (Lipinski definition) is 8. The van der Waals surface area contributed by atoms with Crippen LogP contribution in [-0.4, -0.2) is 50.5 Å². The molecule has 10 heteroatoms. The van der Waals surface area contributed by atoms with E-state index in [0.29, 0.717) is 18.3 Å². The van der Waals surface area contributed by atoms with E-state index in [9.17, 15) is 13.2 Å². The highest BCUT2D eigenvalue weighted by Crippen LogP contribution is 2.39. The fourth-order valence-electron chi connectivity index (χ4n) is 4.81. The number of hydrogen-bond donors (Lipinski definition) is 2. The second kappa shape index (κ2) is 9.42. The zero-order chi connectivity index (χ0) is 26.3. The minimum absolute atomic E-state index is 0.112. The smallest absolute Gasteiger partial charge is 0.253 e. The number of nitrogens with zero attached hydrogens (tertiary/aromatic N) is 4. The molecule has 0 radical (unpaired) electrons. The van der Waals surface area contributed by atoms with Gasteiger partial charge in [0.25, 0.3) is 5.91 Å². The van der Waals surface area contributed by atoms with Gasteiger partial charge in [-0.15, -0.1) is 0 Å². The summed E-state index contributed by atoms with van der Waals surface area (Å²) < 4.78 is 27.5. The molecule has 3 heterocycles. The first kappa shape index (κ1) is 25.4. The molecule has 1 aliphatic rings. The maximum atomic E-state index is 13.7. The molecule has 190 valence electrons. The molecule has 1 amide bonds. The first-order valence-corrected chi connectivity index (χ1v) is 13.2. The first-order valence-electron chi connectivity index (χ1n) is 11.7. The highest BCUT2D eigenvalue weighted by atomic mass is 32.2. The molecule has 4 rings (SSSR count). The van der Waals surface area contributed by atoms with Gasteiger partial charge in [0.2, 0.25) is 9.84 Å². The van der Waals surface area contributed by atoms with Crippen LogP contribution in [0.1, 0.15) is 37.6 Å². The molecule has 1 fully saturated rings. The molecule has 1 unspecified atom stereocenters. The number of anilines is 4. The Morgan fingerprint density at radius 1 is 1.17 bits per heavy atom. The van der Waals surface area contributed by atoms with Crippen LogP contribution in [0.25, 0.3) is 0 Å². The van der Waals surface area contributed by atoms with Crippen molar-refractivity contribution in [3.8, 4) is 0 Å². The van der Waals surface area contributed by atoms with Gasteiger partial charge in [-0.2, -0.15) is 0 Å². The molecule has 0 spiro atoms. The molecule has 0 aliphatic carbocycles. The molecular weight excluding hydrogens is 476 g/mol. The van der Waals surface area contributed by atoms with Gasteiger partial charge in [0.15, 0.2) is 5.03 Å². The van der Waals surface area contributed by atoms with Crippen molar-refractivity contribution in [3.05, 3.63) is 60.3 Å². The number of sulfone groups is 1. The standard InChI is InChI=1S/C26H32N6O3S/c1-17-15-26(2,3)32(16-17)25-23(24(27)33)20(12-13-28-25)36(34,35)22-11-7-10-21(30-22)29-18-8-6-9-19(14-18)31(4)5/h6-14,17H,15-16H2,1-5H3,(H2,27,33)(H,29,30). The molecule has 9 nitrogen and oxygen atoms in total. The van der Waals surface area contributed by atoms with Crippen LogP contribution in [0.4, 0.5) is 23.0 Å². The monoisotopic (exact) mass is 508 g/mol. The van der Waals surface area contributed by atoms with Gasteiger partial charge in [0.05, 0.1) is 4.90 Å². The highest BCUT2D eigenvalue weighted by molar-refractivity contribution is 7.91. The number of primary amides is 1. The van der Waals surface area contributed by atoms with E-state index in [2.05, 4.69) is 22.2 Å². The summed E-state index contributed by atoms with van der Waals surface area (Å²) in [7, 11) is -0.304. The Hall–Kier alpha value is -3.66. The average Bonchev–Trinajstić information content (AvgIpc) is 3.10. The normalized spacial score (nSPS) is 17.1. The summed E-state index contributed by atoms with van der Waals surface area (Å²) in [4.78, 5) is 25.1. The summed E-state index contributed by atoms with van der Waals surface area (Å²) in [6.45, 7) is 6.86. The van der Waals surface area contributed by atoms with Crippen molar-refractivity contribution in [2.24, 2.45) is 11.7 Å². The van der Waals surface area contributed by atoms with Crippen molar-refractivity contribution in [2.45, 2.75) is 42.7 Å². The van der Waals surface area contributed by atoms with Gasteiger partial charge in [-0.1, -0.05) is 19.1 Å². The van der Waals surface area contributed by atoms with E-state index in [1.54, 1.807) is 12.1 Å². The van der Waals surface area contributed by atoms with Crippen LogP contribution in [0.15, 0.2) is 64.6 Å². The zero-order valence-electron chi connectivity index (χ0n) is 21.2. The summed E-state index contributed by atoms with van der Waals surface area (Å²) in [5, 5.41) is 2.97. The highest BCUT2D eigenvalue weighted by Gasteiger charge is 2.40. The molecule has 2 aromatic heterocycles. The Morgan fingerprint density at radius 3 is 2.53 bits per heavy atom. The maximum Gasteiger partial charge on any atom is 0.253 e. The Morgan fingerprint density at radius 2 is 1.89 bits per heavy atom. The molecule has 0 bridgehead atoms. The van der Waals surface area contributed by atoms with Crippen molar-refractivity contribution in [3.63, 3.8) is 0 Å². The molecular formula is C26H32N6O3S. The van der Waals surface area contributed by atoms with Gasteiger partial charge in [-0.25, -0.2) is 18.4 Å². The third-order valence-corrected chi connectivity index (χ3v) is 8.09. The number of carbonyl (C=O) groups is 1. The lowest BCUT2D eigenvalue weighted by Gasteiger charge is -2.33. The zero-order valence-corrected chi connectivity index (χ0v) is 22.0. The third kappa shape index (κ3) is 4.86. The lowest BCUT2D eigenvalue weighted by Crippen LogP contribution is -2.40. The minimum Gasteiger partial charge on any atom is -0.378 e. The van der Waals surface area contributed by atoms with Gasteiger partial charge in [-0.3, -0.25) is 4.79 Å². The van der Waals surface area contributed by atoms with E-state index < -0.39 is 15.7 Å². The lowest BCUT2D eigenvalue weighted by atomic mass is 9.97. The van der Waals surface area contributed by atoms with E-state index >= 15 is 0 Å². The predicted octanol–water partition coefficient (Wildman–Crippen LogP) is 3.84.